The standard InChI is InChI=1S/C20H20FN5O2/c21-16-5-3-15(4-6-16)13-18(27)24-9-2-10-25(12-11-24)19(28)17-14-26-8-1-7-22-20(26)23-17/h1,3-8,14H,2,9-13H2. The molecule has 1 saturated heterocycles. The summed E-state index contributed by atoms with van der Waals surface area (Å²) in [6.45, 7) is 2.09. The van der Waals surface area contributed by atoms with Gasteiger partial charge in [-0.3, -0.25) is 14.0 Å². The van der Waals surface area contributed by atoms with Gasteiger partial charge in [0.15, 0.2) is 0 Å². The van der Waals surface area contributed by atoms with E-state index in [9.17, 15) is 14.0 Å². The van der Waals surface area contributed by atoms with Crippen LogP contribution in [0.3, 0.4) is 0 Å². The van der Waals surface area contributed by atoms with Gasteiger partial charge >= 0.3 is 0 Å². The Morgan fingerprint density at radius 1 is 1.04 bits per heavy atom. The van der Waals surface area contributed by atoms with Crippen molar-refractivity contribution in [2.75, 3.05) is 26.2 Å². The Labute approximate surface area is 161 Å². The van der Waals surface area contributed by atoms with Gasteiger partial charge in [0.1, 0.15) is 11.5 Å². The van der Waals surface area contributed by atoms with Crippen LogP contribution in [0.1, 0.15) is 22.5 Å². The maximum absolute atomic E-state index is 13.0. The zero-order valence-electron chi connectivity index (χ0n) is 15.3. The minimum atomic E-state index is -0.317. The third kappa shape index (κ3) is 3.85. The molecule has 0 radical (unpaired) electrons. The number of hydrogen-bond donors (Lipinski definition) is 0. The van der Waals surface area contributed by atoms with E-state index in [-0.39, 0.29) is 24.1 Å². The highest BCUT2D eigenvalue weighted by Crippen LogP contribution is 2.12. The van der Waals surface area contributed by atoms with Crippen LogP contribution in [0.15, 0.2) is 48.9 Å². The normalized spacial score (nSPS) is 14.9. The lowest BCUT2D eigenvalue weighted by atomic mass is 10.1. The Bertz CT molecular complexity index is 968. The van der Waals surface area contributed by atoms with Crippen molar-refractivity contribution in [3.05, 3.63) is 66.0 Å². The molecule has 4 rings (SSSR count). The van der Waals surface area contributed by atoms with E-state index in [0.29, 0.717) is 44.1 Å². The first-order valence-electron chi connectivity index (χ1n) is 9.21. The van der Waals surface area contributed by atoms with Gasteiger partial charge in [0, 0.05) is 44.8 Å². The van der Waals surface area contributed by atoms with Crippen LogP contribution in [0.25, 0.3) is 5.78 Å². The Balaban J connectivity index is 1.39. The SMILES string of the molecule is O=C(Cc1ccc(F)cc1)N1CCCN(C(=O)c2cn3cccnc3n2)CC1. The molecule has 7 nitrogen and oxygen atoms in total. The van der Waals surface area contributed by atoms with Crippen molar-refractivity contribution >= 4 is 17.6 Å². The number of fused-ring (bicyclic) bond motifs is 1. The van der Waals surface area contributed by atoms with Crippen molar-refractivity contribution in [3.8, 4) is 0 Å². The molecule has 0 saturated carbocycles. The molecule has 0 spiro atoms. The first kappa shape index (κ1) is 18.1. The molecular weight excluding hydrogens is 361 g/mol. The highest BCUT2D eigenvalue weighted by atomic mass is 19.1. The predicted molar refractivity (Wildman–Crippen MR) is 100 cm³/mol. The fourth-order valence-corrected chi connectivity index (χ4v) is 3.35. The second kappa shape index (κ2) is 7.75. The van der Waals surface area contributed by atoms with E-state index in [2.05, 4.69) is 9.97 Å². The number of nitrogens with zero attached hydrogens (tertiary/aromatic N) is 5. The Morgan fingerprint density at radius 2 is 1.79 bits per heavy atom. The molecule has 0 atom stereocenters. The summed E-state index contributed by atoms with van der Waals surface area (Å²) in [5, 5.41) is 0. The minimum absolute atomic E-state index is 0.0159. The van der Waals surface area contributed by atoms with E-state index in [1.54, 1.807) is 51.0 Å². The summed E-state index contributed by atoms with van der Waals surface area (Å²) in [6, 6.07) is 7.74. The van der Waals surface area contributed by atoms with E-state index >= 15 is 0 Å². The minimum Gasteiger partial charge on any atom is -0.341 e. The van der Waals surface area contributed by atoms with Crippen LogP contribution < -0.4 is 0 Å². The molecule has 8 heteroatoms. The number of hydrogen-bond acceptors (Lipinski definition) is 4. The monoisotopic (exact) mass is 381 g/mol. The summed E-state index contributed by atoms with van der Waals surface area (Å²) >= 11 is 0. The molecular formula is C20H20FN5O2. The molecule has 2 aromatic heterocycles. The van der Waals surface area contributed by atoms with Crippen molar-refractivity contribution in [1.82, 2.24) is 24.2 Å². The van der Waals surface area contributed by atoms with E-state index in [4.69, 9.17) is 0 Å². The van der Waals surface area contributed by atoms with Gasteiger partial charge in [-0.2, -0.15) is 0 Å². The van der Waals surface area contributed by atoms with Crippen LogP contribution in [-0.2, 0) is 11.2 Å². The number of amides is 2. The van der Waals surface area contributed by atoms with E-state index < -0.39 is 0 Å². The first-order valence-corrected chi connectivity index (χ1v) is 9.21. The molecule has 2 amide bonds. The molecule has 3 aromatic rings. The maximum atomic E-state index is 13.0. The van der Waals surface area contributed by atoms with E-state index in [1.165, 1.54) is 12.1 Å². The summed E-state index contributed by atoms with van der Waals surface area (Å²) in [4.78, 5) is 37.3. The molecule has 0 aliphatic carbocycles. The van der Waals surface area contributed by atoms with Gasteiger partial charge in [-0.25, -0.2) is 14.4 Å². The summed E-state index contributed by atoms with van der Waals surface area (Å²) in [7, 11) is 0. The number of halogens is 1. The molecule has 1 aliphatic heterocycles. The van der Waals surface area contributed by atoms with Gasteiger partial charge in [0.05, 0.1) is 6.42 Å². The lowest BCUT2D eigenvalue weighted by Crippen LogP contribution is -2.38. The molecule has 144 valence electrons. The molecule has 0 unspecified atom stereocenters. The van der Waals surface area contributed by atoms with Crippen LogP contribution in [0, 0.1) is 5.82 Å². The number of aromatic nitrogens is 3. The van der Waals surface area contributed by atoms with Crippen molar-refractivity contribution in [1.29, 1.82) is 0 Å². The molecule has 1 aromatic carbocycles. The topological polar surface area (TPSA) is 70.8 Å². The number of benzene rings is 1. The van der Waals surface area contributed by atoms with E-state index in [1.807, 2.05) is 0 Å². The van der Waals surface area contributed by atoms with Crippen LogP contribution >= 0.6 is 0 Å². The smallest absolute Gasteiger partial charge is 0.274 e. The van der Waals surface area contributed by atoms with Crippen molar-refractivity contribution in [3.63, 3.8) is 0 Å². The summed E-state index contributed by atoms with van der Waals surface area (Å²) in [5.74, 6) is -0.00443. The third-order valence-corrected chi connectivity index (χ3v) is 4.86. The fourth-order valence-electron chi connectivity index (χ4n) is 3.35. The largest absolute Gasteiger partial charge is 0.341 e. The second-order valence-electron chi connectivity index (χ2n) is 6.78. The van der Waals surface area contributed by atoms with Crippen LogP contribution in [0.4, 0.5) is 4.39 Å². The maximum Gasteiger partial charge on any atom is 0.274 e. The van der Waals surface area contributed by atoms with Gasteiger partial charge in [0.25, 0.3) is 5.91 Å². The zero-order valence-corrected chi connectivity index (χ0v) is 15.3. The van der Waals surface area contributed by atoms with Gasteiger partial charge < -0.3 is 9.80 Å². The Hall–Kier alpha value is -3.29. The molecule has 1 fully saturated rings. The molecule has 0 bridgehead atoms. The lowest BCUT2D eigenvalue weighted by Gasteiger charge is -2.21. The Kier molecular flexibility index (Phi) is 5.01. The number of rotatable bonds is 3. The molecule has 28 heavy (non-hydrogen) atoms. The van der Waals surface area contributed by atoms with Gasteiger partial charge in [0.2, 0.25) is 11.7 Å². The molecule has 0 N–H and O–H groups in total. The molecule has 1 aliphatic rings. The zero-order chi connectivity index (χ0) is 19.5. The highest BCUT2D eigenvalue weighted by Gasteiger charge is 2.24. The third-order valence-electron chi connectivity index (χ3n) is 4.86. The van der Waals surface area contributed by atoms with Crippen LogP contribution in [0.5, 0.6) is 0 Å². The Morgan fingerprint density at radius 3 is 2.57 bits per heavy atom. The quantitative estimate of drug-likeness (QED) is 0.694. The summed E-state index contributed by atoms with van der Waals surface area (Å²) < 4.78 is 14.7. The van der Waals surface area contributed by atoms with Crippen LogP contribution in [-0.4, -0.2) is 62.2 Å². The summed E-state index contributed by atoms with van der Waals surface area (Å²) in [5.41, 5.74) is 1.13. The van der Waals surface area contributed by atoms with Gasteiger partial charge in [-0.1, -0.05) is 12.1 Å². The average Bonchev–Trinajstić information content (AvgIpc) is 2.98. The highest BCUT2D eigenvalue weighted by molar-refractivity contribution is 5.92. The van der Waals surface area contributed by atoms with Gasteiger partial charge in [-0.15, -0.1) is 0 Å². The average molecular weight is 381 g/mol. The van der Waals surface area contributed by atoms with Gasteiger partial charge in [-0.05, 0) is 30.2 Å². The summed E-state index contributed by atoms with van der Waals surface area (Å²) in [6.07, 6.45) is 6.03. The van der Waals surface area contributed by atoms with Crippen molar-refractivity contribution in [2.24, 2.45) is 0 Å². The molecule has 3 heterocycles. The first-order chi connectivity index (χ1) is 13.6. The lowest BCUT2D eigenvalue weighted by molar-refractivity contribution is -0.130. The number of carbonyl (C=O) groups excluding carboxylic acids is 2. The van der Waals surface area contributed by atoms with Crippen LogP contribution in [0.2, 0.25) is 0 Å². The second-order valence-corrected chi connectivity index (χ2v) is 6.78. The van der Waals surface area contributed by atoms with Crippen molar-refractivity contribution in [2.45, 2.75) is 12.8 Å². The number of imidazole rings is 1. The number of carbonyl (C=O) groups is 2. The predicted octanol–water partition coefficient (Wildman–Crippen LogP) is 1.79. The van der Waals surface area contributed by atoms with E-state index in [0.717, 1.165) is 5.56 Å². The van der Waals surface area contributed by atoms with Crippen molar-refractivity contribution < 1.29 is 14.0 Å². The fraction of sp³-hybridized carbons (Fsp3) is 0.300.